The Morgan fingerprint density at radius 1 is 1.10 bits per heavy atom. The molecule has 1 aromatic carbocycles. The Morgan fingerprint density at radius 3 is 2.19 bits per heavy atom. The normalized spacial score (nSPS) is 15.4. The lowest BCUT2D eigenvalue weighted by Gasteiger charge is -2.30. The van der Waals surface area contributed by atoms with Gasteiger partial charge in [0.2, 0.25) is 5.75 Å². The summed E-state index contributed by atoms with van der Waals surface area (Å²) in [6.07, 6.45) is 5.29. The summed E-state index contributed by atoms with van der Waals surface area (Å²) in [5.41, 5.74) is 0. The smallest absolute Gasteiger partial charge is 0.415 e. The average molecular weight is 293 g/mol. The molecule has 0 heterocycles. The predicted molar refractivity (Wildman–Crippen MR) is 80.2 cm³/mol. The summed E-state index contributed by atoms with van der Waals surface area (Å²) in [5, 5.41) is 0. The zero-order chi connectivity index (χ0) is 15.2. The van der Waals surface area contributed by atoms with E-state index >= 15 is 0 Å². The maximum Gasteiger partial charge on any atom is 0.415 e. The summed E-state index contributed by atoms with van der Waals surface area (Å²) in [5.74, 6) is 1.30. The van der Waals surface area contributed by atoms with Crippen LogP contribution in [0.4, 0.5) is 4.79 Å². The molecule has 116 valence electrons. The minimum Gasteiger partial charge on any atom is -0.493 e. The number of benzene rings is 1. The number of ether oxygens (including phenoxy) is 3. The van der Waals surface area contributed by atoms with Gasteiger partial charge in [-0.25, -0.2) is 4.79 Å². The van der Waals surface area contributed by atoms with E-state index in [1.54, 1.807) is 30.1 Å². The lowest BCUT2D eigenvalue weighted by Crippen LogP contribution is -2.40. The molecule has 1 saturated carbocycles. The van der Waals surface area contributed by atoms with Gasteiger partial charge in [-0.05, 0) is 25.0 Å². The number of nitrogens with zero attached hydrogens (tertiary/aromatic N) is 1. The van der Waals surface area contributed by atoms with E-state index in [9.17, 15) is 4.79 Å². The van der Waals surface area contributed by atoms with Gasteiger partial charge in [0.1, 0.15) is 0 Å². The Labute approximate surface area is 125 Å². The van der Waals surface area contributed by atoms with Gasteiger partial charge in [0.25, 0.3) is 0 Å². The minimum atomic E-state index is -0.371. The van der Waals surface area contributed by atoms with Crippen LogP contribution in [0.1, 0.15) is 32.1 Å². The highest BCUT2D eigenvalue weighted by Gasteiger charge is 2.25. The van der Waals surface area contributed by atoms with Gasteiger partial charge in [0.15, 0.2) is 11.5 Å². The Hall–Kier alpha value is -1.91. The van der Waals surface area contributed by atoms with Crippen molar-refractivity contribution in [3.8, 4) is 17.2 Å². The first kappa shape index (κ1) is 15.5. The SMILES string of the molecule is COc1cccc(OC)c1OC(=O)N(C)C1CCCCC1. The first-order chi connectivity index (χ1) is 10.2. The molecule has 21 heavy (non-hydrogen) atoms. The highest BCUT2D eigenvalue weighted by atomic mass is 16.6. The fourth-order valence-electron chi connectivity index (χ4n) is 2.69. The number of para-hydroxylation sites is 1. The quantitative estimate of drug-likeness (QED) is 0.853. The van der Waals surface area contributed by atoms with E-state index in [4.69, 9.17) is 14.2 Å². The number of hydrogen-bond acceptors (Lipinski definition) is 4. The van der Waals surface area contributed by atoms with Crippen LogP contribution in [-0.4, -0.2) is 38.3 Å². The summed E-state index contributed by atoms with van der Waals surface area (Å²) in [6, 6.07) is 5.53. The lowest BCUT2D eigenvalue weighted by atomic mass is 9.95. The van der Waals surface area contributed by atoms with Crippen molar-refractivity contribution in [1.82, 2.24) is 4.90 Å². The standard InChI is InChI=1S/C16H23NO4/c1-17(12-8-5-4-6-9-12)16(18)21-15-13(19-2)10-7-11-14(15)20-3/h7,10-12H,4-6,8-9H2,1-3H3. The molecular formula is C16H23NO4. The lowest BCUT2D eigenvalue weighted by molar-refractivity contribution is 0.130. The number of hydrogen-bond donors (Lipinski definition) is 0. The van der Waals surface area contributed by atoms with Crippen molar-refractivity contribution in [3.63, 3.8) is 0 Å². The van der Waals surface area contributed by atoms with Crippen molar-refractivity contribution < 1.29 is 19.0 Å². The molecular weight excluding hydrogens is 270 g/mol. The van der Waals surface area contributed by atoms with Crippen LogP contribution in [-0.2, 0) is 0 Å². The fourth-order valence-corrected chi connectivity index (χ4v) is 2.69. The molecule has 0 aliphatic heterocycles. The van der Waals surface area contributed by atoms with Crippen LogP contribution >= 0.6 is 0 Å². The Morgan fingerprint density at radius 2 is 1.67 bits per heavy atom. The molecule has 0 spiro atoms. The molecule has 2 rings (SSSR count). The van der Waals surface area contributed by atoms with E-state index < -0.39 is 0 Å². The molecule has 1 fully saturated rings. The Kier molecular flexibility index (Phi) is 5.31. The summed E-state index contributed by atoms with van der Waals surface area (Å²) < 4.78 is 16.0. The number of amides is 1. The minimum absolute atomic E-state index is 0.256. The van der Waals surface area contributed by atoms with Gasteiger partial charge in [-0.1, -0.05) is 25.3 Å². The third-order valence-corrected chi connectivity index (χ3v) is 3.98. The maximum absolute atomic E-state index is 12.3. The van der Waals surface area contributed by atoms with Crippen LogP contribution in [0.3, 0.4) is 0 Å². The molecule has 0 N–H and O–H groups in total. The zero-order valence-corrected chi connectivity index (χ0v) is 12.9. The van der Waals surface area contributed by atoms with Crippen LogP contribution in [0.25, 0.3) is 0 Å². The second-order valence-electron chi connectivity index (χ2n) is 5.26. The highest BCUT2D eigenvalue weighted by molar-refractivity contribution is 5.73. The molecule has 0 unspecified atom stereocenters. The number of carbonyl (C=O) groups is 1. The molecule has 0 radical (unpaired) electrons. The monoisotopic (exact) mass is 293 g/mol. The molecule has 0 aromatic heterocycles. The van der Waals surface area contributed by atoms with Crippen molar-refractivity contribution in [3.05, 3.63) is 18.2 Å². The third kappa shape index (κ3) is 3.60. The van der Waals surface area contributed by atoms with E-state index in [1.807, 2.05) is 0 Å². The number of carbonyl (C=O) groups excluding carboxylic acids is 1. The molecule has 0 atom stereocenters. The summed E-state index contributed by atoms with van der Waals surface area (Å²) >= 11 is 0. The second kappa shape index (κ2) is 7.20. The zero-order valence-electron chi connectivity index (χ0n) is 12.9. The largest absolute Gasteiger partial charge is 0.493 e. The van der Waals surface area contributed by atoms with E-state index in [-0.39, 0.29) is 12.1 Å². The fraction of sp³-hybridized carbons (Fsp3) is 0.562. The van der Waals surface area contributed by atoms with Crippen LogP contribution in [0.15, 0.2) is 18.2 Å². The summed E-state index contributed by atoms with van der Waals surface area (Å²) in [6.45, 7) is 0. The van der Waals surface area contributed by atoms with Crippen LogP contribution in [0.5, 0.6) is 17.2 Å². The van der Waals surface area contributed by atoms with E-state index in [2.05, 4.69) is 0 Å². The molecule has 0 bridgehead atoms. The third-order valence-electron chi connectivity index (χ3n) is 3.98. The van der Waals surface area contributed by atoms with Crippen LogP contribution in [0, 0.1) is 0 Å². The Balaban J connectivity index is 2.11. The van der Waals surface area contributed by atoms with Gasteiger partial charge in [-0.15, -0.1) is 0 Å². The molecule has 1 aliphatic carbocycles. The van der Waals surface area contributed by atoms with Gasteiger partial charge >= 0.3 is 6.09 Å². The van der Waals surface area contributed by atoms with Crippen molar-refractivity contribution in [1.29, 1.82) is 0 Å². The van der Waals surface area contributed by atoms with Crippen molar-refractivity contribution in [2.75, 3.05) is 21.3 Å². The predicted octanol–water partition coefficient (Wildman–Crippen LogP) is 3.47. The van der Waals surface area contributed by atoms with Crippen molar-refractivity contribution >= 4 is 6.09 Å². The van der Waals surface area contributed by atoms with Crippen molar-refractivity contribution in [2.24, 2.45) is 0 Å². The average Bonchev–Trinajstić information content (AvgIpc) is 2.55. The van der Waals surface area contributed by atoms with Gasteiger partial charge in [-0.2, -0.15) is 0 Å². The van der Waals surface area contributed by atoms with E-state index in [1.165, 1.54) is 33.5 Å². The van der Waals surface area contributed by atoms with Gasteiger partial charge in [-0.3, -0.25) is 0 Å². The van der Waals surface area contributed by atoms with Crippen LogP contribution < -0.4 is 14.2 Å². The highest BCUT2D eigenvalue weighted by Crippen LogP contribution is 2.37. The number of methoxy groups -OCH3 is 2. The van der Waals surface area contributed by atoms with Crippen LogP contribution in [0.2, 0.25) is 0 Å². The topological polar surface area (TPSA) is 48.0 Å². The summed E-state index contributed by atoms with van der Waals surface area (Å²) in [4.78, 5) is 14.0. The molecule has 0 saturated heterocycles. The van der Waals surface area contributed by atoms with Gasteiger partial charge < -0.3 is 19.1 Å². The van der Waals surface area contributed by atoms with E-state index in [0.717, 1.165) is 12.8 Å². The van der Waals surface area contributed by atoms with Gasteiger partial charge in [0.05, 0.1) is 14.2 Å². The molecule has 1 amide bonds. The summed E-state index contributed by atoms with van der Waals surface area (Å²) in [7, 11) is 4.87. The maximum atomic E-state index is 12.3. The number of rotatable bonds is 4. The molecule has 5 nitrogen and oxygen atoms in total. The Bertz CT molecular complexity index is 461. The molecule has 1 aromatic rings. The van der Waals surface area contributed by atoms with E-state index in [0.29, 0.717) is 17.2 Å². The molecule has 1 aliphatic rings. The second-order valence-corrected chi connectivity index (χ2v) is 5.26. The first-order valence-corrected chi connectivity index (χ1v) is 7.33. The van der Waals surface area contributed by atoms with Gasteiger partial charge in [0, 0.05) is 13.1 Å². The van der Waals surface area contributed by atoms with Crippen molar-refractivity contribution in [2.45, 2.75) is 38.1 Å². The first-order valence-electron chi connectivity index (χ1n) is 7.33. The molecule has 5 heteroatoms.